The molecule has 0 radical (unpaired) electrons. The van der Waals surface area contributed by atoms with E-state index < -0.39 is 12.1 Å². The smallest absolute Gasteiger partial charge is 0.317 e. The Morgan fingerprint density at radius 2 is 1.89 bits per heavy atom. The number of carbonyl (C=O) groups is 2. The summed E-state index contributed by atoms with van der Waals surface area (Å²) < 4.78 is 5.25. The maximum Gasteiger partial charge on any atom is 0.317 e. The van der Waals surface area contributed by atoms with Crippen molar-refractivity contribution in [1.82, 2.24) is 4.98 Å². The van der Waals surface area contributed by atoms with Gasteiger partial charge in [0.2, 0.25) is 0 Å². The predicted molar refractivity (Wildman–Crippen MR) is 113 cm³/mol. The lowest BCUT2D eigenvalue weighted by atomic mass is 10.1. The molecule has 0 saturated carbocycles. The van der Waals surface area contributed by atoms with Crippen LogP contribution in [-0.2, 0) is 14.3 Å². The first kappa shape index (κ1) is 19.9. The molecule has 0 fully saturated rings. The van der Waals surface area contributed by atoms with Gasteiger partial charge in [-0.25, -0.2) is 4.98 Å². The zero-order valence-electron chi connectivity index (χ0n) is 16.1. The fourth-order valence-corrected chi connectivity index (χ4v) is 3.53. The van der Waals surface area contributed by atoms with Gasteiger partial charge >= 0.3 is 5.97 Å². The van der Waals surface area contributed by atoms with Crippen LogP contribution in [0.1, 0.15) is 18.1 Å². The molecule has 1 atom stereocenters. The minimum atomic E-state index is -0.875. The van der Waals surface area contributed by atoms with E-state index in [9.17, 15) is 9.59 Å². The highest BCUT2D eigenvalue weighted by molar-refractivity contribution is 7.99. The van der Waals surface area contributed by atoms with Crippen molar-refractivity contribution in [3.05, 3.63) is 65.7 Å². The highest BCUT2D eigenvalue weighted by Gasteiger charge is 2.18. The van der Waals surface area contributed by atoms with Crippen molar-refractivity contribution in [3.8, 4) is 0 Å². The van der Waals surface area contributed by atoms with Crippen molar-refractivity contribution in [3.63, 3.8) is 0 Å². The molecule has 3 aromatic rings. The standard InChI is InChI=1S/C22H22N2O3S/c1-14-7-6-8-17(11-14)23-22(26)16(3)27-21(25)13-28-20-12-15(2)18-9-4-5-10-19(18)24-20/h4-12,16H,13H2,1-3H3,(H,23,26)/t16-/m0/s1. The Morgan fingerprint density at radius 1 is 1.11 bits per heavy atom. The number of aryl methyl sites for hydroxylation is 2. The fourth-order valence-electron chi connectivity index (χ4n) is 2.78. The minimum Gasteiger partial charge on any atom is -0.452 e. The summed E-state index contributed by atoms with van der Waals surface area (Å²) in [6.07, 6.45) is -0.875. The second kappa shape index (κ2) is 8.89. The summed E-state index contributed by atoms with van der Waals surface area (Å²) in [4.78, 5) is 28.9. The first-order valence-electron chi connectivity index (χ1n) is 8.98. The van der Waals surface area contributed by atoms with Crippen LogP contribution in [0.3, 0.4) is 0 Å². The fraction of sp³-hybridized carbons (Fsp3) is 0.227. The summed E-state index contributed by atoms with van der Waals surface area (Å²) in [5.74, 6) is -0.722. The van der Waals surface area contributed by atoms with Crippen molar-refractivity contribution in [1.29, 1.82) is 0 Å². The minimum absolute atomic E-state index is 0.0901. The van der Waals surface area contributed by atoms with Gasteiger partial charge in [0.1, 0.15) is 0 Å². The quantitative estimate of drug-likeness (QED) is 0.492. The first-order valence-corrected chi connectivity index (χ1v) is 9.97. The van der Waals surface area contributed by atoms with E-state index in [4.69, 9.17) is 4.74 Å². The molecule has 3 rings (SSSR count). The normalized spacial score (nSPS) is 11.8. The number of ether oxygens (including phenoxy) is 1. The van der Waals surface area contributed by atoms with Crippen LogP contribution in [0.4, 0.5) is 5.69 Å². The van der Waals surface area contributed by atoms with Gasteiger partial charge in [-0.05, 0) is 56.2 Å². The predicted octanol–water partition coefficient (Wildman–Crippen LogP) is 4.51. The van der Waals surface area contributed by atoms with E-state index in [-0.39, 0.29) is 11.7 Å². The molecule has 0 saturated heterocycles. The van der Waals surface area contributed by atoms with Crippen LogP contribution in [0, 0.1) is 13.8 Å². The number of fused-ring (bicyclic) bond motifs is 1. The molecule has 6 heteroatoms. The van der Waals surface area contributed by atoms with Crippen LogP contribution >= 0.6 is 11.8 Å². The Balaban J connectivity index is 1.54. The average Bonchev–Trinajstić information content (AvgIpc) is 2.66. The number of hydrogen-bond donors (Lipinski definition) is 1. The molecule has 0 aliphatic rings. The monoisotopic (exact) mass is 394 g/mol. The molecule has 1 heterocycles. The third kappa shape index (κ3) is 5.10. The highest BCUT2D eigenvalue weighted by atomic mass is 32.2. The topological polar surface area (TPSA) is 68.3 Å². The summed E-state index contributed by atoms with van der Waals surface area (Å²) in [5.41, 5.74) is 3.71. The summed E-state index contributed by atoms with van der Waals surface area (Å²) in [7, 11) is 0. The molecular formula is C22H22N2O3S. The molecule has 2 aromatic carbocycles. The van der Waals surface area contributed by atoms with Gasteiger partial charge in [-0.2, -0.15) is 0 Å². The molecule has 1 N–H and O–H groups in total. The molecule has 1 aromatic heterocycles. The van der Waals surface area contributed by atoms with Crippen molar-refractivity contribution in [2.45, 2.75) is 31.9 Å². The van der Waals surface area contributed by atoms with E-state index in [0.29, 0.717) is 5.69 Å². The van der Waals surface area contributed by atoms with E-state index in [1.54, 1.807) is 13.0 Å². The van der Waals surface area contributed by atoms with Gasteiger partial charge in [0.05, 0.1) is 16.3 Å². The van der Waals surface area contributed by atoms with Gasteiger partial charge in [0.15, 0.2) is 6.10 Å². The van der Waals surface area contributed by atoms with E-state index in [1.165, 1.54) is 11.8 Å². The van der Waals surface area contributed by atoms with Crippen molar-refractivity contribution >= 4 is 40.2 Å². The number of aromatic nitrogens is 1. The van der Waals surface area contributed by atoms with Crippen LogP contribution in [0.2, 0.25) is 0 Å². The van der Waals surface area contributed by atoms with Crippen molar-refractivity contribution in [2.75, 3.05) is 11.1 Å². The van der Waals surface area contributed by atoms with Gasteiger partial charge < -0.3 is 10.1 Å². The van der Waals surface area contributed by atoms with Gasteiger partial charge in [0, 0.05) is 11.1 Å². The third-order valence-corrected chi connectivity index (χ3v) is 5.09. The lowest BCUT2D eigenvalue weighted by Crippen LogP contribution is -2.30. The van der Waals surface area contributed by atoms with Gasteiger partial charge in [0.25, 0.3) is 5.91 Å². The second-order valence-corrected chi connectivity index (χ2v) is 7.57. The molecule has 0 aliphatic heterocycles. The number of thioether (sulfide) groups is 1. The number of rotatable bonds is 6. The molecule has 0 spiro atoms. The highest BCUT2D eigenvalue weighted by Crippen LogP contribution is 2.23. The Hall–Kier alpha value is -2.86. The van der Waals surface area contributed by atoms with E-state index in [0.717, 1.165) is 27.1 Å². The molecule has 144 valence electrons. The molecule has 5 nitrogen and oxygen atoms in total. The Bertz CT molecular complexity index is 1020. The molecule has 28 heavy (non-hydrogen) atoms. The Labute approximate surface area is 168 Å². The number of pyridine rings is 1. The lowest BCUT2D eigenvalue weighted by molar-refractivity contribution is -0.150. The zero-order valence-corrected chi connectivity index (χ0v) is 16.9. The number of nitrogens with one attached hydrogen (secondary N) is 1. The molecule has 1 amide bonds. The number of benzene rings is 2. The summed E-state index contributed by atoms with van der Waals surface area (Å²) in [6, 6.07) is 17.3. The van der Waals surface area contributed by atoms with Crippen molar-refractivity contribution in [2.24, 2.45) is 0 Å². The number of anilines is 1. The Morgan fingerprint density at radius 3 is 2.68 bits per heavy atom. The first-order chi connectivity index (χ1) is 13.4. The number of esters is 1. The van der Waals surface area contributed by atoms with Crippen LogP contribution < -0.4 is 5.32 Å². The van der Waals surface area contributed by atoms with Crippen LogP contribution in [0.15, 0.2) is 59.6 Å². The SMILES string of the molecule is Cc1cccc(NC(=O)[C@H](C)OC(=O)CSc2cc(C)c3ccccc3n2)c1. The molecule has 0 unspecified atom stereocenters. The number of amides is 1. The van der Waals surface area contributed by atoms with Gasteiger partial charge in [-0.1, -0.05) is 42.1 Å². The van der Waals surface area contributed by atoms with E-state index >= 15 is 0 Å². The van der Waals surface area contributed by atoms with Gasteiger partial charge in [-0.15, -0.1) is 0 Å². The Kier molecular flexibility index (Phi) is 6.31. The largest absolute Gasteiger partial charge is 0.452 e. The van der Waals surface area contributed by atoms with Crippen LogP contribution in [0.25, 0.3) is 10.9 Å². The molecule has 0 bridgehead atoms. The maximum atomic E-state index is 12.2. The second-order valence-electron chi connectivity index (χ2n) is 6.57. The summed E-state index contributed by atoms with van der Waals surface area (Å²) >= 11 is 1.30. The molecular weight excluding hydrogens is 372 g/mol. The average molecular weight is 394 g/mol. The lowest BCUT2D eigenvalue weighted by Gasteiger charge is -2.14. The number of para-hydroxylation sites is 1. The maximum absolute atomic E-state index is 12.2. The number of hydrogen-bond acceptors (Lipinski definition) is 5. The van der Waals surface area contributed by atoms with Crippen LogP contribution in [-0.4, -0.2) is 28.7 Å². The summed E-state index contributed by atoms with van der Waals surface area (Å²) in [5, 5.41) is 4.60. The van der Waals surface area contributed by atoms with Crippen LogP contribution in [0.5, 0.6) is 0 Å². The van der Waals surface area contributed by atoms with E-state index in [2.05, 4.69) is 10.3 Å². The molecule has 0 aliphatic carbocycles. The van der Waals surface area contributed by atoms with E-state index in [1.807, 2.05) is 62.4 Å². The van der Waals surface area contributed by atoms with Crippen molar-refractivity contribution < 1.29 is 14.3 Å². The van der Waals surface area contributed by atoms with Gasteiger partial charge in [-0.3, -0.25) is 9.59 Å². The number of nitrogens with zero attached hydrogens (tertiary/aromatic N) is 1. The summed E-state index contributed by atoms with van der Waals surface area (Å²) in [6.45, 7) is 5.52. The zero-order chi connectivity index (χ0) is 20.1. The number of carbonyl (C=O) groups excluding carboxylic acids is 2. The third-order valence-electron chi connectivity index (χ3n) is 4.20.